The van der Waals surface area contributed by atoms with E-state index in [1.165, 1.54) is 13.2 Å². The van der Waals surface area contributed by atoms with Crippen LogP contribution in [0.25, 0.3) is 6.08 Å². The van der Waals surface area contributed by atoms with E-state index in [-0.39, 0.29) is 26.9 Å². The first-order valence-electron chi connectivity index (χ1n) is 4.28. The molecule has 0 aromatic heterocycles. The van der Waals surface area contributed by atoms with E-state index in [9.17, 15) is 4.39 Å². The third-order valence-corrected chi connectivity index (χ3v) is 2.49. The predicted molar refractivity (Wildman–Crippen MR) is 62.2 cm³/mol. The van der Waals surface area contributed by atoms with Gasteiger partial charge in [0.2, 0.25) is 0 Å². The molecule has 1 aromatic carbocycles. The summed E-state index contributed by atoms with van der Waals surface area (Å²) in [5, 5.41) is 17.2. The third kappa shape index (κ3) is 2.68. The number of methoxy groups -OCH3 is 1. The first-order valence-corrected chi connectivity index (χ1v) is 5.04. The van der Waals surface area contributed by atoms with Gasteiger partial charge >= 0.3 is 0 Å². The van der Waals surface area contributed by atoms with Crippen LogP contribution in [0.4, 0.5) is 4.39 Å². The van der Waals surface area contributed by atoms with Gasteiger partial charge in [0.15, 0.2) is 11.6 Å². The molecule has 0 amide bonds. The molecule has 1 aromatic rings. The highest BCUT2D eigenvalue weighted by Crippen LogP contribution is 2.35. The maximum atomic E-state index is 13.9. The average molecular weight is 271 g/mol. The maximum absolute atomic E-state index is 13.9. The topological polar surface area (TPSA) is 56.8 Å². The number of benzene rings is 1. The zero-order valence-electron chi connectivity index (χ0n) is 8.59. The molecule has 0 atom stereocenters. The van der Waals surface area contributed by atoms with Crippen LogP contribution in [0, 0.1) is 28.5 Å². The highest BCUT2D eigenvalue weighted by molar-refractivity contribution is 6.36. The summed E-state index contributed by atoms with van der Waals surface area (Å²) in [6.45, 7) is 0. The standard InChI is InChI=1S/C11H5Cl2FN2O/c1-17-11-9(13)3-8(12)7(10(11)14)2-6(4-15)5-16/h2-3H,1H3. The van der Waals surface area contributed by atoms with Crippen molar-refractivity contribution in [3.05, 3.63) is 33.1 Å². The fraction of sp³-hybridized carbons (Fsp3) is 0.0909. The highest BCUT2D eigenvalue weighted by atomic mass is 35.5. The summed E-state index contributed by atoms with van der Waals surface area (Å²) in [4.78, 5) is 0. The Balaban J connectivity index is 3.52. The zero-order valence-corrected chi connectivity index (χ0v) is 10.1. The summed E-state index contributed by atoms with van der Waals surface area (Å²) in [5.74, 6) is -0.995. The van der Waals surface area contributed by atoms with E-state index in [0.717, 1.165) is 6.08 Å². The van der Waals surface area contributed by atoms with E-state index < -0.39 is 5.82 Å². The van der Waals surface area contributed by atoms with Gasteiger partial charge in [-0.15, -0.1) is 0 Å². The molecular formula is C11H5Cl2FN2O. The molecule has 3 nitrogen and oxygen atoms in total. The second kappa shape index (κ2) is 5.54. The average Bonchev–Trinajstić information content (AvgIpc) is 2.29. The van der Waals surface area contributed by atoms with Crippen molar-refractivity contribution in [2.75, 3.05) is 7.11 Å². The fourth-order valence-electron chi connectivity index (χ4n) is 1.14. The van der Waals surface area contributed by atoms with Crippen molar-refractivity contribution in [3.63, 3.8) is 0 Å². The van der Waals surface area contributed by atoms with Gasteiger partial charge in [-0.05, 0) is 12.1 Å². The molecule has 0 bridgehead atoms. The van der Waals surface area contributed by atoms with Crippen molar-refractivity contribution in [1.29, 1.82) is 10.5 Å². The SMILES string of the molecule is COc1c(Cl)cc(Cl)c(C=C(C#N)C#N)c1F. The van der Waals surface area contributed by atoms with Crippen LogP contribution in [0.2, 0.25) is 10.0 Å². The summed E-state index contributed by atoms with van der Waals surface area (Å²) in [5.41, 5.74) is -0.374. The number of hydrogen-bond donors (Lipinski definition) is 0. The molecule has 0 unspecified atom stereocenters. The van der Waals surface area contributed by atoms with E-state index in [2.05, 4.69) is 0 Å². The van der Waals surface area contributed by atoms with Gasteiger partial charge in [0.1, 0.15) is 17.7 Å². The van der Waals surface area contributed by atoms with Gasteiger partial charge in [0.05, 0.1) is 17.2 Å². The molecular weight excluding hydrogens is 266 g/mol. The number of nitrogens with zero attached hydrogens (tertiary/aromatic N) is 2. The van der Waals surface area contributed by atoms with Gasteiger partial charge in [0, 0.05) is 5.56 Å². The highest BCUT2D eigenvalue weighted by Gasteiger charge is 2.16. The van der Waals surface area contributed by atoms with Crippen LogP contribution >= 0.6 is 23.2 Å². The Morgan fingerprint density at radius 1 is 1.35 bits per heavy atom. The van der Waals surface area contributed by atoms with Gasteiger partial charge in [-0.2, -0.15) is 10.5 Å². The van der Waals surface area contributed by atoms with Crippen LogP contribution < -0.4 is 4.74 Å². The summed E-state index contributed by atoms with van der Waals surface area (Å²) in [7, 11) is 1.25. The Morgan fingerprint density at radius 3 is 2.41 bits per heavy atom. The summed E-state index contributed by atoms with van der Waals surface area (Å²) in [6.07, 6.45) is 1.04. The number of ether oxygens (including phenoxy) is 1. The lowest BCUT2D eigenvalue weighted by Crippen LogP contribution is -1.94. The second-order valence-corrected chi connectivity index (χ2v) is 3.70. The minimum atomic E-state index is -0.812. The Morgan fingerprint density at radius 2 is 1.94 bits per heavy atom. The zero-order chi connectivity index (χ0) is 13.0. The van der Waals surface area contributed by atoms with E-state index in [4.69, 9.17) is 38.5 Å². The van der Waals surface area contributed by atoms with Crippen LogP contribution in [-0.4, -0.2) is 7.11 Å². The lowest BCUT2D eigenvalue weighted by atomic mass is 10.1. The van der Waals surface area contributed by atoms with Crippen molar-refractivity contribution in [3.8, 4) is 17.9 Å². The van der Waals surface area contributed by atoms with Crippen LogP contribution in [0.3, 0.4) is 0 Å². The summed E-state index contributed by atoms with van der Waals surface area (Å²) in [6, 6.07) is 4.50. The van der Waals surface area contributed by atoms with Crippen LogP contribution in [0.15, 0.2) is 11.6 Å². The molecule has 0 heterocycles. The van der Waals surface area contributed by atoms with Gasteiger partial charge < -0.3 is 4.74 Å². The minimum absolute atomic E-state index is 0.00343. The number of hydrogen-bond acceptors (Lipinski definition) is 3. The van der Waals surface area contributed by atoms with E-state index in [1.807, 2.05) is 0 Å². The van der Waals surface area contributed by atoms with Gasteiger partial charge in [-0.25, -0.2) is 4.39 Å². The first kappa shape index (κ1) is 13.3. The Kier molecular flexibility index (Phi) is 4.34. The normalized spacial score (nSPS) is 9.06. The number of halogens is 3. The lowest BCUT2D eigenvalue weighted by Gasteiger charge is -2.08. The molecule has 0 radical (unpaired) electrons. The van der Waals surface area contributed by atoms with Gasteiger partial charge in [-0.3, -0.25) is 0 Å². The maximum Gasteiger partial charge on any atom is 0.175 e. The molecule has 0 aliphatic rings. The minimum Gasteiger partial charge on any atom is -0.492 e. The van der Waals surface area contributed by atoms with Crippen molar-refractivity contribution in [2.24, 2.45) is 0 Å². The van der Waals surface area contributed by atoms with Crippen molar-refractivity contribution in [2.45, 2.75) is 0 Å². The monoisotopic (exact) mass is 270 g/mol. The van der Waals surface area contributed by atoms with E-state index in [0.29, 0.717) is 0 Å². The Bertz CT molecular complexity index is 554. The molecule has 17 heavy (non-hydrogen) atoms. The molecule has 0 saturated heterocycles. The molecule has 86 valence electrons. The predicted octanol–water partition coefficient (Wildman–Crippen LogP) is 3.57. The van der Waals surface area contributed by atoms with Crippen LogP contribution in [0.1, 0.15) is 5.56 Å². The van der Waals surface area contributed by atoms with Crippen molar-refractivity contribution in [1.82, 2.24) is 0 Å². The molecule has 0 aliphatic heterocycles. The Labute approximate surface area is 107 Å². The van der Waals surface area contributed by atoms with Crippen molar-refractivity contribution < 1.29 is 9.13 Å². The molecule has 0 N–H and O–H groups in total. The van der Waals surface area contributed by atoms with E-state index >= 15 is 0 Å². The quantitative estimate of drug-likeness (QED) is 0.772. The lowest BCUT2D eigenvalue weighted by molar-refractivity contribution is 0.386. The summed E-state index contributed by atoms with van der Waals surface area (Å²) < 4.78 is 18.6. The number of nitriles is 2. The second-order valence-electron chi connectivity index (χ2n) is 2.88. The molecule has 1 rings (SSSR count). The smallest absolute Gasteiger partial charge is 0.175 e. The molecule has 0 aliphatic carbocycles. The molecule has 0 saturated carbocycles. The number of rotatable bonds is 2. The van der Waals surface area contributed by atoms with Crippen molar-refractivity contribution >= 4 is 29.3 Å². The molecule has 0 spiro atoms. The fourth-order valence-corrected chi connectivity index (χ4v) is 1.71. The van der Waals surface area contributed by atoms with Gasteiger partial charge in [-0.1, -0.05) is 23.2 Å². The Hall–Kier alpha value is -1.75. The largest absolute Gasteiger partial charge is 0.492 e. The summed E-state index contributed by atoms with van der Waals surface area (Å²) >= 11 is 11.5. The number of allylic oxidation sites excluding steroid dienone is 1. The first-order chi connectivity index (χ1) is 8.04. The van der Waals surface area contributed by atoms with Gasteiger partial charge in [0.25, 0.3) is 0 Å². The van der Waals surface area contributed by atoms with Crippen LogP contribution in [0.5, 0.6) is 5.75 Å². The van der Waals surface area contributed by atoms with E-state index in [1.54, 1.807) is 12.1 Å². The molecule has 6 heteroatoms. The third-order valence-electron chi connectivity index (χ3n) is 1.90. The van der Waals surface area contributed by atoms with Crippen LogP contribution in [-0.2, 0) is 0 Å². The molecule has 0 fully saturated rings.